The first kappa shape index (κ1) is 15.1. The molecule has 0 fully saturated rings. The number of anilines is 1. The third-order valence-electron chi connectivity index (χ3n) is 4.26. The van der Waals surface area contributed by atoms with Gasteiger partial charge in [-0.15, -0.1) is 0 Å². The van der Waals surface area contributed by atoms with Gasteiger partial charge in [-0.1, -0.05) is 6.92 Å². The lowest BCUT2D eigenvalue weighted by Gasteiger charge is -2.15. The van der Waals surface area contributed by atoms with Gasteiger partial charge in [-0.2, -0.15) is 5.10 Å². The van der Waals surface area contributed by atoms with E-state index in [0.717, 1.165) is 16.8 Å². The molecule has 1 aromatic carbocycles. The number of aromatic carboxylic acids is 1. The maximum atomic E-state index is 11.5. The fourth-order valence-electron chi connectivity index (χ4n) is 3.20. The number of aromatic nitrogens is 5. The minimum absolute atomic E-state index is 0.00792. The minimum Gasteiger partial charge on any atom is -0.476 e. The summed E-state index contributed by atoms with van der Waals surface area (Å²) in [5, 5.41) is 16.3. The number of carbonyl (C=O) groups excluding carboxylic acids is 1. The van der Waals surface area contributed by atoms with Gasteiger partial charge in [0.05, 0.1) is 17.9 Å². The molecule has 126 valence electrons. The van der Waals surface area contributed by atoms with E-state index in [9.17, 15) is 14.7 Å². The van der Waals surface area contributed by atoms with Gasteiger partial charge in [-0.25, -0.2) is 19.4 Å². The van der Waals surface area contributed by atoms with Crippen molar-refractivity contribution in [2.75, 3.05) is 5.32 Å². The van der Waals surface area contributed by atoms with Gasteiger partial charge in [0.15, 0.2) is 11.5 Å². The highest BCUT2D eigenvalue weighted by Crippen LogP contribution is 2.36. The maximum absolute atomic E-state index is 11.5. The number of benzene rings is 1. The van der Waals surface area contributed by atoms with Crippen molar-refractivity contribution in [3.05, 3.63) is 41.7 Å². The number of imidazole rings is 1. The summed E-state index contributed by atoms with van der Waals surface area (Å²) in [7, 11) is 0. The van der Waals surface area contributed by atoms with E-state index in [1.807, 2.05) is 13.0 Å². The van der Waals surface area contributed by atoms with Gasteiger partial charge >= 0.3 is 5.97 Å². The predicted octanol–water partition coefficient (Wildman–Crippen LogP) is 1.32. The van der Waals surface area contributed by atoms with Crippen molar-refractivity contribution in [2.45, 2.75) is 19.9 Å². The average molecular weight is 338 g/mol. The van der Waals surface area contributed by atoms with Crippen molar-refractivity contribution in [3.8, 4) is 17.1 Å². The van der Waals surface area contributed by atoms with Crippen molar-refractivity contribution in [1.29, 1.82) is 0 Å². The van der Waals surface area contributed by atoms with Crippen molar-refractivity contribution in [3.63, 3.8) is 0 Å². The Morgan fingerprint density at radius 1 is 1.40 bits per heavy atom. The minimum atomic E-state index is -1.09. The number of nitrogens with zero attached hydrogens (tertiary/aromatic N) is 5. The van der Waals surface area contributed by atoms with Crippen LogP contribution in [0.4, 0.5) is 5.69 Å². The summed E-state index contributed by atoms with van der Waals surface area (Å²) >= 11 is 0. The van der Waals surface area contributed by atoms with E-state index in [4.69, 9.17) is 0 Å². The summed E-state index contributed by atoms with van der Waals surface area (Å²) in [5.41, 5.74) is 3.67. The first-order valence-electron chi connectivity index (χ1n) is 7.69. The lowest BCUT2D eigenvalue weighted by Crippen LogP contribution is -2.10. The van der Waals surface area contributed by atoms with Gasteiger partial charge in [0, 0.05) is 11.3 Å². The molecule has 9 heteroatoms. The Bertz CT molecular complexity index is 1000. The Hall–Kier alpha value is -3.49. The van der Waals surface area contributed by atoms with Crippen LogP contribution >= 0.6 is 0 Å². The molecule has 9 nitrogen and oxygen atoms in total. The van der Waals surface area contributed by atoms with Gasteiger partial charge in [-0.05, 0) is 24.1 Å². The van der Waals surface area contributed by atoms with E-state index in [0.29, 0.717) is 30.0 Å². The molecule has 4 rings (SSSR count). The molecule has 25 heavy (non-hydrogen) atoms. The van der Waals surface area contributed by atoms with Crippen LogP contribution in [0.3, 0.4) is 0 Å². The number of hydrogen-bond acceptors (Lipinski definition) is 5. The Kier molecular flexibility index (Phi) is 3.34. The van der Waals surface area contributed by atoms with Crippen molar-refractivity contribution in [1.82, 2.24) is 24.3 Å². The predicted molar refractivity (Wildman–Crippen MR) is 87.7 cm³/mol. The molecule has 2 N–H and O–H groups in total. The smallest absolute Gasteiger partial charge is 0.356 e. The van der Waals surface area contributed by atoms with Crippen LogP contribution in [-0.4, -0.2) is 41.8 Å². The van der Waals surface area contributed by atoms with Gasteiger partial charge < -0.3 is 10.4 Å². The second-order valence-corrected chi connectivity index (χ2v) is 5.60. The molecular weight excluding hydrogens is 324 g/mol. The average Bonchev–Trinajstić information content (AvgIpc) is 3.19. The molecule has 0 atom stereocenters. The van der Waals surface area contributed by atoms with Gasteiger partial charge in [0.25, 0.3) is 0 Å². The number of aryl methyl sites for hydroxylation is 1. The summed E-state index contributed by atoms with van der Waals surface area (Å²) in [5.74, 6) is -0.476. The third kappa shape index (κ3) is 2.20. The highest BCUT2D eigenvalue weighted by molar-refractivity contribution is 5.88. The molecular formula is C16H14N6O3. The first-order chi connectivity index (χ1) is 12.1. The molecule has 3 aromatic rings. The van der Waals surface area contributed by atoms with Gasteiger partial charge in [-0.3, -0.25) is 9.36 Å². The second-order valence-electron chi connectivity index (χ2n) is 5.60. The van der Waals surface area contributed by atoms with E-state index in [1.54, 1.807) is 15.3 Å². The van der Waals surface area contributed by atoms with E-state index in [-0.39, 0.29) is 12.2 Å². The number of hydrogen-bond donors (Lipinski definition) is 2. The zero-order chi connectivity index (χ0) is 17.6. The van der Waals surface area contributed by atoms with Crippen LogP contribution in [0.5, 0.6) is 0 Å². The summed E-state index contributed by atoms with van der Waals surface area (Å²) in [6.45, 7) is 2.23. The molecule has 2 aromatic heterocycles. The van der Waals surface area contributed by atoms with E-state index in [1.165, 1.54) is 12.7 Å². The molecule has 0 unspecified atom stereocenters. The maximum Gasteiger partial charge on any atom is 0.356 e. The largest absolute Gasteiger partial charge is 0.476 e. The monoisotopic (exact) mass is 338 g/mol. The van der Waals surface area contributed by atoms with Crippen LogP contribution in [0.2, 0.25) is 0 Å². The number of rotatable bonds is 4. The SMILES string of the molecule is CCc1cc(NC=O)cc2c1-n1cnc(C(=O)O)c1Cn1ncnc1-2. The molecule has 3 heterocycles. The molecule has 1 aliphatic heterocycles. The molecule has 1 amide bonds. The number of carboxylic acid groups (broad SMARTS) is 1. The van der Waals surface area contributed by atoms with Crippen molar-refractivity contribution in [2.24, 2.45) is 0 Å². The summed E-state index contributed by atoms with van der Waals surface area (Å²) in [6.07, 6.45) is 4.24. The van der Waals surface area contributed by atoms with Crippen LogP contribution in [0.25, 0.3) is 17.1 Å². The fraction of sp³-hybridized carbons (Fsp3) is 0.188. The van der Waals surface area contributed by atoms with Crippen molar-refractivity contribution >= 4 is 18.1 Å². The highest BCUT2D eigenvalue weighted by atomic mass is 16.4. The first-order valence-corrected chi connectivity index (χ1v) is 7.69. The molecule has 0 bridgehead atoms. The topological polar surface area (TPSA) is 115 Å². The van der Waals surface area contributed by atoms with Crippen LogP contribution in [0.15, 0.2) is 24.8 Å². The number of carbonyl (C=O) groups is 2. The van der Waals surface area contributed by atoms with E-state index >= 15 is 0 Å². The molecule has 0 aliphatic carbocycles. The van der Waals surface area contributed by atoms with Crippen LogP contribution in [-0.2, 0) is 17.8 Å². The molecule has 1 aliphatic rings. The van der Waals surface area contributed by atoms with Crippen LogP contribution < -0.4 is 5.32 Å². The lowest BCUT2D eigenvalue weighted by molar-refractivity contribution is -0.105. The van der Waals surface area contributed by atoms with E-state index in [2.05, 4.69) is 20.4 Å². The quantitative estimate of drug-likeness (QED) is 0.542. The normalized spacial score (nSPS) is 11.9. The Labute approximate surface area is 141 Å². The third-order valence-corrected chi connectivity index (χ3v) is 4.26. The Balaban J connectivity index is 2.09. The summed E-state index contributed by atoms with van der Waals surface area (Å²) in [6, 6.07) is 3.67. The highest BCUT2D eigenvalue weighted by Gasteiger charge is 2.27. The van der Waals surface area contributed by atoms with Gasteiger partial charge in [0.2, 0.25) is 6.41 Å². The molecule has 0 saturated carbocycles. The number of nitrogens with one attached hydrogen (secondary N) is 1. The lowest BCUT2D eigenvalue weighted by atomic mass is 10.0. The number of amides is 1. The zero-order valence-electron chi connectivity index (χ0n) is 13.3. The van der Waals surface area contributed by atoms with Crippen LogP contribution in [0, 0.1) is 0 Å². The molecule has 0 radical (unpaired) electrons. The van der Waals surface area contributed by atoms with Gasteiger partial charge in [0.1, 0.15) is 12.7 Å². The van der Waals surface area contributed by atoms with Crippen molar-refractivity contribution < 1.29 is 14.7 Å². The Morgan fingerprint density at radius 2 is 2.24 bits per heavy atom. The van der Waals surface area contributed by atoms with E-state index < -0.39 is 5.97 Å². The number of carboxylic acids is 1. The fourth-order valence-corrected chi connectivity index (χ4v) is 3.20. The number of fused-ring (bicyclic) bond motifs is 5. The van der Waals surface area contributed by atoms with Crippen LogP contribution in [0.1, 0.15) is 28.7 Å². The standard InChI is InChI=1S/C16H14N6O3/c1-2-9-3-10(19-8-23)4-11-14(9)21-7-18-13(16(24)25)12(21)5-22-15(11)17-6-20-22/h3-4,6-8H,2,5H2,1H3,(H,19,23)(H,24,25). The Morgan fingerprint density at radius 3 is 2.96 bits per heavy atom. The molecule has 0 saturated heterocycles. The zero-order valence-corrected chi connectivity index (χ0v) is 13.3. The summed E-state index contributed by atoms with van der Waals surface area (Å²) < 4.78 is 3.41. The summed E-state index contributed by atoms with van der Waals surface area (Å²) in [4.78, 5) is 30.8. The molecule has 0 spiro atoms. The second kappa shape index (κ2) is 5.55.